The van der Waals surface area contributed by atoms with E-state index in [0.29, 0.717) is 28.6 Å². The highest BCUT2D eigenvalue weighted by atomic mass is 35.5. The normalized spacial score (nSPS) is 10.9. The fourth-order valence-electron chi connectivity index (χ4n) is 3.29. The van der Waals surface area contributed by atoms with Gasteiger partial charge in [-0.2, -0.15) is 5.26 Å². The Kier molecular flexibility index (Phi) is 6.23. The van der Waals surface area contributed by atoms with E-state index in [-0.39, 0.29) is 0 Å². The minimum absolute atomic E-state index is 0.511. The Morgan fingerprint density at radius 2 is 1.71 bits per heavy atom. The summed E-state index contributed by atoms with van der Waals surface area (Å²) in [6, 6.07) is 21.1. The first-order chi connectivity index (χ1) is 15.0. The van der Waals surface area contributed by atoms with Crippen molar-refractivity contribution < 1.29 is 0 Å². The molecule has 2 heterocycles. The molecular weight excluding hydrogens is 428 g/mol. The molecule has 0 unspecified atom stereocenters. The summed E-state index contributed by atoms with van der Waals surface area (Å²) in [6.45, 7) is 1.21. The molecule has 0 fully saturated rings. The molecule has 154 valence electrons. The van der Waals surface area contributed by atoms with E-state index in [1.54, 1.807) is 12.4 Å². The summed E-state index contributed by atoms with van der Waals surface area (Å²) in [5, 5.41) is 14.5. The van der Waals surface area contributed by atoms with Crippen LogP contribution in [0.5, 0.6) is 0 Å². The van der Waals surface area contributed by atoms with Gasteiger partial charge in [0.2, 0.25) is 4.77 Å². The van der Waals surface area contributed by atoms with Gasteiger partial charge in [0.15, 0.2) is 5.82 Å². The summed E-state index contributed by atoms with van der Waals surface area (Å²) < 4.78 is 4.33. The Balaban J connectivity index is 1.67. The number of halogens is 1. The lowest BCUT2D eigenvalue weighted by Gasteiger charge is -2.16. The molecule has 4 rings (SSSR count). The minimum atomic E-state index is 0.511. The van der Waals surface area contributed by atoms with Crippen molar-refractivity contribution in [1.82, 2.24) is 24.2 Å². The van der Waals surface area contributed by atoms with E-state index in [2.05, 4.69) is 16.0 Å². The van der Waals surface area contributed by atoms with Crippen molar-refractivity contribution in [2.24, 2.45) is 0 Å². The Morgan fingerprint density at radius 3 is 2.35 bits per heavy atom. The minimum Gasteiger partial charge on any atom is -0.283 e. The molecule has 0 spiro atoms. The molecule has 0 aliphatic heterocycles. The van der Waals surface area contributed by atoms with Crippen LogP contribution in [0, 0.1) is 16.1 Å². The van der Waals surface area contributed by atoms with E-state index in [0.717, 1.165) is 22.6 Å². The van der Waals surface area contributed by atoms with Gasteiger partial charge in [0.25, 0.3) is 0 Å². The molecule has 0 saturated carbocycles. The van der Waals surface area contributed by atoms with E-state index in [4.69, 9.17) is 34.2 Å². The third-order valence-electron chi connectivity index (χ3n) is 4.77. The summed E-state index contributed by atoms with van der Waals surface area (Å²) >= 11 is 11.9. The summed E-state index contributed by atoms with van der Waals surface area (Å²) in [7, 11) is 2.01. The van der Waals surface area contributed by atoms with Crippen molar-refractivity contribution in [3.05, 3.63) is 94.0 Å². The number of nitrogens with zero attached hydrogens (tertiary/aromatic N) is 6. The van der Waals surface area contributed by atoms with Gasteiger partial charge in [-0.1, -0.05) is 23.7 Å². The summed E-state index contributed by atoms with van der Waals surface area (Å²) in [5.74, 6) is 0.737. The van der Waals surface area contributed by atoms with Crippen LogP contribution in [-0.4, -0.2) is 31.3 Å². The van der Waals surface area contributed by atoms with Crippen molar-refractivity contribution in [2.75, 3.05) is 7.05 Å². The van der Waals surface area contributed by atoms with Crippen LogP contribution < -0.4 is 0 Å². The molecule has 6 nitrogen and oxygen atoms in total. The maximum absolute atomic E-state index is 8.97. The molecule has 0 N–H and O–H groups in total. The van der Waals surface area contributed by atoms with Gasteiger partial charge in [0.1, 0.15) is 0 Å². The maximum atomic E-state index is 8.97. The van der Waals surface area contributed by atoms with Crippen molar-refractivity contribution >= 4 is 23.8 Å². The lowest BCUT2D eigenvalue weighted by Crippen LogP contribution is -2.22. The Morgan fingerprint density at radius 1 is 1.03 bits per heavy atom. The number of hydrogen-bond donors (Lipinski definition) is 0. The van der Waals surface area contributed by atoms with Gasteiger partial charge >= 0.3 is 0 Å². The van der Waals surface area contributed by atoms with Crippen LogP contribution in [0.2, 0.25) is 5.02 Å². The average molecular weight is 447 g/mol. The molecule has 2 aromatic carbocycles. The Labute approximate surface area is 190 Å². The molecule has 0 amide bonds. The monoisotopic (exact) mass is 446 g/mol. The summed E-state index contributed by atoms with van der Waals surface area (Å²) in [6.07, 6.45) is 3.47. The van der Waals surface area contributed by atoms with Crippen molar-refractivity contribution in [2.45, 2.75) is 13.2 Å². The number of pyridine rings is 1. The predicted octanol–water partition coefficient (Wildman–Crippen LogP) is 5.08. The van der Waals surface area contributed by atoms with Gasteiger partial charge in [-0.05, 0) is 73.4 Å². The van der Waals surface area contributed by atoms with Gasteiger partial charge in [0.05, 0.1) is 24.0 Å². The zero-order valence-electron chi connectivity index (χ0n) is 16.8. The topological polar surface area (TPSA) is 62.7 Å². The fourth-order valence-corrected chi connectivity index (χ4v) is 3.70. The first-order valence-electron chi connectivity index (χ1n) is 9.59. The van der Waals surface area contributed by atoms with Crippen molar-refractivity contribution in [3.63, 3.8) is 0 Å². The molecule has 0 atom stereocenters. The molecule has 2 aromatic heterocycles. The number of aromatic nitrogens is 4. The van der Waals surface area contributed by atoms with Crippen LogP contribution in [0.4, 0.5) is 0 Å². The second-order valence-electron chi connectivity index (χ2n) is 7.12. The number of nitriles is 1. The van der Waals surface area contributed by atoms with E-state index in [1.807, 2.05) is 77.0 Å². The standard InChI is InChI=1S/C23H19ClN6S/c1-28(15-18-4-2-17(14-25)3-5-18)16-29-23(31)30(21-8-6-20(24)7-9-21)22(27-29)19-10-12-26-13-11-19/h2-13H,15-16H2,1H3. The second kappa shape index (κ2) is 9.23. The average Bonchev–Trinajstić information content (AvgIpc) is 3.11. The number of benzene rings is 2. The van der Waals surface area contributed by atoms with E-state index in [9.17, 15) is 0 Å². The molecule has 8 heteroatoms. The summed E-state index contributed by atoms with van der Waals surface area (Å²) in [5.41, 5.74) is 3.57. The molecule has 31 heavy (non-hydrogen) atoms. The molecule has 0 bridgehead atoms. The lowest BCUT2D eigenvalue weighted by atomic mass is 10.1. The first kappa shape index (κ1) is 20.9. The Hall–Kier alpha value is -3.31. The molecule has 0 aliphatic rings. The zero-order valence-corrected chi connectivity index (χ0v) is 18.4. The maximum Gasteiger partial charge on any atom is 0.204 e. The van der Waals surface area contributed by atoms with E-state index in [1.165, 1.54) is 0 Å². The van der Waals surface area contributed by atoms with Crippen LogP contribution >= 0.6 is 23.8 Å². The molecule has 0 radical (unpaired) electrons. The highest BCUT2D eigenvalue weighted by Crippen LogP contribution is 2.23. The highest BCUT2D eigenvalue weighted by molar-refractivity contribution is 7.71. The largest absolute Gasteiger partial charge is 0.283 e. The molecule has 4 aromatic rings. The second-order valence-corrected chi connectivity index (χ2v) is 7.92. The highest BCUT2D eigenvalue weighted by Gasteiger charge is 2.15. The third kappa shape index (κ3) is 4.72. The first-order valence-corrected chi connectivity index (χ1v) is 10.4. The van der Waals surface area contributed by atoms with Gasteiger partial charge in [-0.25, -0.2) is 4.68 Å². The summed E-state index contributed by atoms with van der Waals surface area (Å²) in [4.78, 5) is 6.22. The van der Waals surface area contributed by atoms with Crippen LogP contribution in [0.15, 0.2) is 73.1 Å². The van der Waals surface area contributed by atoms with Crippen LogP contribution in [0.1, 0.15) is 11.1 Å². The molecule has 0 saturated heterocycles. The quantitative estimate of drug-likeness (QED) is 0.386. The smallest absolute Gasteiger partial charge is 0.204 e. The van der Waals surface area contributed by atoms with Crippen LogP contribution in [0.3, 0.4) is 0 Å². The van der Waals surface area contributed by atoms with Gasteiger partial charge in [-0.15, -0.1) is 5.10 Å². The number of hydrogen-bond acceptors (Lipinski definition) is 5. The SMILES string of the molecule is CN(Cc1ccc(C#N)cc1)Cn1nc(-c2ccncc2)n(-c2ccc(Cl)cc2)c1=S. The number of rotatable bonds is 6. The van der Waals surface area contributed by atoms with E-state index < -0.39 is 0 Å². The molecular formula is C23H19ClN6S. The van der Waals surface area contributed by atoms with E-state index >= 15 is 0 Å². The van der Waals surface area contributed by atoms with Crippen LogP contribution in [0.25, 0.3) is 17.1 Å². The van der Waals surface area contributed by atoms with Crippen molar-refractivity contribution in [1.29, 1.82) is 5.26 Å². The Bertz CT molecular complexity index is 1270. The van der Waals surface area contributed by atoms with Crippen molar-refractivity contribution in [3.8, 4) is 23.1 Å². The predicted molar refractivity (Wildman–Crippen MR) is 123 cm³/mol. The fraction of sp³-hybridized carbons (Fsp3) is 0.130. The lowest BCUT2D eigenvalue weighted by molar-refractivity contribution is 0.244. The molecule has 0 aliphatic carbocycles. The van der Waals surface area contributed by atoms with Gasteiger partial charge in [-0.3, -0.25) is 14.5 Å². The third-order valence-corrected chi connectivity index (χ3v) is 5.42. The van der Waals surface area contributed by atoms with Crippen LogP contribution in [-0.2, 0) is 13.2 Å². The van der Waals surface area contributed by atoms with Gasteiger partial charge < -0.3 is 0 Å². The zero-order chi connectivity index (χ0) is 21.8. The van der Waals surface area contributed by atoms with Gasteiger partial charge in [0, 0.05) is 29.5 Å².